The Kier molecular flexibility index (Phi) is 6.14. The van der Waals surface area contributed by atoms with Gasteiger partial charge in [-0.3, -0.25) is 19.8 Å². The van der Waals surface area contributed by atoms with Crippen LogP contribution in [0.25, 0.3) is 0 Å². The molecule has 0 spiro atoms. The summed E-state index contributed by atoms with van der Waals surface area (Å²) in [7, 11) is 0. The summed E-state index contributed by atoms with van der Waals surface area (Å²) in [6.45, 7) is 6.22. The molecule has 2 aliphatic rings. The van der Waals surface area contributed by atoms with E-state index in [4.69, 9.17) is 9.47 Å². The fraction of sp³-hybridized carbons (Fsp3) is 0.500. The Hall–Kier alpha value is -3.30. The fourth-order valence-corrected chi connectivity index (χ4v) is 3.16. The standard InChI is InChI=1S/C20H26N4O6/c1-12(2)10-21-18(27)22-16(25)11-24-17(26)20(3,23-19(24)28)13-5-6-14-15(9-13)30-8-4-7-29-14/h5-6,9,12H,4,7-8,10-11H2,1-3H3,(H,23,28)(H2,21,22,25,27)/t20-/m1/s1. The Morgan fingerprint density at radius 1 is 1.20 bits per heavy atom. The summed E-state index contributed by atoms with van der Waals surface area (Å²) in [5, 5.41) is 7.28. The van der Waals surface area contributed by atoms with E-state index < -0.39 is 36.0 Å². The number of hydrogen-bond donors (Lipinski definition) is 3. The maximum absolute atomic E-state index is 13.0. The Balaban J connectivity index is 1.70. The highest BCUT2D eigenvalue weighted by molar-refractivity contribution is 6.10. The molecule has 0 unspecified atom stereocenters. The van der Waals surface area contributed by atoms with Crippen LogP contribution in [0.1, 0.15) is 32.8 Å². The fourth-order valence-electron chi connectivity index (χ4n) is 3.16. The lowest BCUT2D eigenvalue weighted by Crippen LogP contribution is -2.47. The van der Waals surface area contributed by atoms with E-state index >= 15 is 0 Å². The molecular formula is C20H26N4O6. The summed E-state index contributed by atoms with van der Waals surface area (Å²) in [4.78, 5) is 50.1. The van der Waals surface area contributed by atoms with Crippen molar-refractivity contribution in [2.75, 3.05) is 26.3 Å². The van der Waals surface area contributed by atoms with Crippen LogP contribution in [-0.4, -0.2) is 55.1 Å². The molecule has 1 aromatic rings. The molecule has 2 aliphatic heterocycles. The Labute approximate surface area is 174 Å². The van der Waals surface area contributed by atoms with E-state index in [2.05, 4.69) is 16.0 Å². The third-order valence-electron chi connectivity index (χ3n) is 4.83. The number of carbonyl (C=O) groups is 4. The van der Waals surface area contributed by atoms with E-state index in [1.807, 2.05) is 13.8 Å². The van der Waals surface area contributed by atoms with Crippen molar-refractivity contribution >= 4 is 23.9 Å². The second kappa shape index (κ2) is 8.60. The van der Waals surface area contributed by atoms with Crippen LogP contribution in [0.2, 0.25) is 0 Å². The molecule has 1 saturated heterocycles. The topological polar surface area (TPSA) is 126 Å². The number of carbonyl (C=O) groups excluding carboxylic acids is 4. The zero-order chi connectivity index (χ0) is 21.9. The SMILES string of the molecule is CC(C)CNC(=O)NC(=O)CN1C(=O)N[C@](C)(c2ccc3c(c2)OCCCO3)C1=O. The van der Waals surface area contributed by atoms with Gasteiger partial charge < -0.3 is 20.1 Å². The molecule has 0 radical (unpaired) electrons. The second-order valence-corrected chi connectivity index (χ2v) is 7.81. The predicted molar refractivity (Wildman–Crippen MR) is 106 cm³/mol. The van der Waals surface area contributed by atoms with Crippen LogP contribution in [0.5, 0.6) is 11.5 Å². The van der Waals surface area contributed by atoms with Gasteiger partial charge in [-0.1, -0.05) is 19.9 Å². The molecule has 2 heterocycles. The molecule has 0 saturated carbocycles. The first-order valence-electron chi connectivity index (χ1n) is 9.82. The minimum Gasteiger partial charge on any atom is -0.490 e. The Morgan fingerprint density at radius 2 is 1.90 bits per heavy atom. The lowest BCUT2D eigenvalue weighted by Gasteiger charge is -2.23. The van der Waals surface area contributed by atoms with Crippen LogP contribution in [-0.2, 0) is 15.1 Å². The van der Waals surface area contributed by atoms with Crippen molar-refractivity contribution in [1.82, 2.24) is 20.9 Å². The first-order chi connectivity index (χ1) is 14.2. The molecule has 0 aromatic heterocycles. The van der Waals surface area contributed by atoms with E-state index in [1.54, 1.807) is 25.1 Å². The number of benzene rings is 1. The van der Waals surface area contributed by atoms with E-state index in [9.17, 15) is 19.2 Å². The van der Waals surface area contributed by atoms with Gasteiger partial charge in [0.05, 0.1) is 13.2 Å². The minimum absolute atomic E-state index is 0.216. The van der Waals surface area contributed by atoms with Gasteiger partial charge in [-0.15, -0.1) is 0 Å². The lowest BCUT2D eigenvalue weighted by atomic mass is 9.91. The van der Waals surface area contributed by atoms with E-state index in [0.29, 0.717) is 36.8 Å². The molecule has 3 N–H and O–H groups in total. The number of nitrogens with one attached hydrogen (secondary N) is 3. The van der Waals surface area contributed by atoms with Gasteiger partial charge in [0.25, 0.3) is 5.91 Å². The molecular weight excluding hydrogens is 392 g/mol. The van der Waals surface area contributed by atoms with Gasteiger partial charge in [-0.25, -0.2) is 9.59 Å². The van der Waals surface area contributed by atoms with Crippen LogP contribution in [0.3, 0.4) is 0 Å². The van der Waals surface area contributed by atoms with Crippen LogP contribution in [0, 0.1) is 5.92 Å². The van der Waals surface area contributed by atoms with Crippen molar-refractivity contribution in [1.29, 1.82) is 0 Å². The normalized spacial score (nSPS) is 20.6. The highest BCUT2D eigenvalue weighted by Gasteiger charge is 2.49. The van der Waals surface area contributed by atoms with Gasteiger partial charge in [0, 0.05) is 13.0 Å². The van der Waals surface area contributed by atoms with Crippen molar-refractivity contribution in [3.8, 4) is 11.5 Å². The molecule has 6 amide bonds. The van der Waals surface area contributed by atoms with Crippen molar-refractivity contribution < 1.29 is 28.7 Å². The van der Waals surface area contributed by atoms with Gasteiger partial charge in [-0.05, 0) is 30.5 Å². The minimum atomic E-state index is -1.37. The number of fused-ring (bicyclic) bond motifs is 1. The van der Waals surface area contributed by atoms with Gasteiger partial charge in [-0.2, -0.15) is 0 Å². The third kappa shape index (κ3) is 4.47. The Morgan fingerprint density at radius 3 is 2.60 bits per heavy atom. The number of amides is 6. The van der Waals surface area contributed by atoms with E-state index in [0.717, 1.165) is 11.3 Å². The van der Waals surface area contributed by atoms with Crippen LogP contribution < -0.4 is 25.4 Å². The number of ether oxygens (including phenoxy) is 2. The van der Waals surface area contributed by atoms with Crippen LogP contribution >= 0.6 is 0 Å². The third-order valence-corrected chi connectivity index (χ3v) is 4.83. The highest BCUT2D eigenvalue weighted by Crippen LogP contribution is 2.36. The summed E-state index contributed by atoms with van der Waals surface area (Å²) in [5.41, 5.74) is -0.871. The van der Waals surface area contributed by atoms with Gasteiger partial charge in [0.15, 0.2) is 11.5 Å². The first-order valence-corrected chi connectivity index (χ1v) is 9.82. The monoisotopic (exact) mass is 418 g/mol. The average molecular weight is 418 g/mol. The van der Waals surface area contributed by atoms with Crippen LogP contribution in [0.15, 0.2) is 18.2 Å². The number of urea groups is 2. The summed E-state index contributed by atoms with van der Waals surface area (Å²) >= 11 is 0. The number of rotatable bonds is 5. The molecule has 0 bridgehead atoms. The number of hydrogen-bond acceptors (Lipinski definition) is 6. The largest absolute Gasteiger partial charge is 0.490 e. The quantitative estimate of drug-likeness (QED) is 0.615. The summed E-state index contributed by atoms with van der Waals surface area (Å²) < 4.78 is 11.3. The predicted octanol–water partition coefficient (Wildman–Crippen LogP) is 1.10. The molecule has 162 valence electrons. The molecule has 30 heavy (non-hydrogen) atoms. The highest BCUT2D eigenvalue weighted by atomic mass is 16.5. The molecule has 10 nitrogen and oxygen atoms in total. The van der Waals surface area contributed by atoms with Crippen molar-refractivity contribution in [2.45, 2.75) is 32.7 Å². The molecule has 1 fully saturated rings. The van der Waals surface area contributed by atoms with Crippen molar-refractivity contribution in [3.05, 3.63) is 23.8 Å². The maximum Gasteiger partial charge on any atom is 0.325 e. The summed E-state index contributed by atoms with van der Waals surface area (Å²) in [6, 6.07) is 3.63. The summed E-state index contributed by atoms with van der Waals surface area (Å²) in [6.07, 6.45) is 0.741. The molecule has 1 aromatic carbocycles. The van der Waals surface area contributed by atoms with Gasteiger partial charge in [0.1, 0.15) is 12.1 Å². The summed E-state index contributed by atoms with van der Waals surface area (Å²) in [5.74, 6) is -0.0817. The first kappa shape index (κ1) is 21.4. The zero-order valence-corrected chi connectivity index (χ0v) is 17.2. The van der Waals surface area contributed by atoms with Crippen molar-refractivity contribution in [3.63, 3.8) is 0 Å². The number of nitrogens with zero attached hydrogens (tertiary/aromatic N) is 1. The van der Waals surface area contributed by atoms with Gasteiger partial charge in [0.2, 0.25) is 5.91 Å². The smallest absolute Gasteiger partial charge is 0.325 e. The average Bonchev–Trinajstić information content (AvgIpc) is 2.85. The number of imide groups is 2. The van der Waals surface area contributed by atoms with E-state index in [-0.39, 0.29) is 5.92 Å². The zero-order valence-electron chi connectivity index (χ0n) is 17.2. The van der Waals surface area contributed by atoms with E-state index in [1.165, 1.54) is 0 Å². The molecule has 3 rings (SSSR count). The van der Waals surface area contributed by atoms with Gasteiger partial charge >= 0.3 is 12.1 Å². The molecule has 10 heteroatoms. The maximum atomic E-state index is 13.0. The Bertz CT molecular complexity index is 871. The van der Waals surface area contributed by atoms with Crippen LogP contribution in [0.4, 0.5) is 9.59 Å². The van der Waals surface area contributed by atoms with Crippen molar-refractivity contribution in [2.24, 2.45) is 5.92 Å². The molecule has 1 atom stereocenters. The molecule has 0 aliphatic carbocycles. The lowest BCUT2D eigenvalue weighted by molar-refractivity contribution is -0.134. The second-order valence-electron chi connectivity index (χ2n) is 7.81.